The van der Waals surface area contributed by atoms with Crippen LogP contribution in [0.2, 0.25) is 0 Å². The Morgan fingerprint density at radius 1 is 1.00 bits per heavy atom. The lowest BCUT2D eigenvalue weighted by Gasteiger charge is -2.30. The van der Waals surface area contributed by atoms with Crippen molar-refractivity contribution in [3.8, 4) is 0 Å². The van der Waals surface area contributed by atoms with Crippen molar-refractivity contribution >= 4 is 15.9 Å². The number of rotatable bonds is 3. The second-order valence-corrected chi connectivity index (χ2v) is 7.18. The van der Waals surface area contributed by atoms with Gasteiger partial charge in [0.2, 0.25) is 0 Å². The van der Waals surface area contributed by atoms with Gasteiger partial charge in [-0.2, -0.15) is 0 Å². The lowest BCUT2D eigenvalue weighted by atomic mass is 9.81. The van der Waals surface area contributed by atoms with Gasteiger partial charge in [-0.05, 0) is 62.4 Å². The van der Waals surface area contributed by atoms with E-state index in [1.807, 2.05) is 0 Å². The van der Waals surface area contributed by atoms with Crippen molar-refractivity contribution < 1.29 is 0 Å². The van der Waals surface area contributed by atoms with E-state index in [2.05, 4.69) is 54.3 Å². The molecule has 1 nitrogen and oxygen atoms in total. The molecule has 1 aromatic carbocycles. The summed E-state index contributed by atoms with van der Waals surface area (Å²) in [6.45, 7) is 4.44. The number of hydrogen-bond acceptors (Lipinski definition) is 1. The molecule has 1 aliphatic carbocycles. The normalized spacial score (nSPS) is 19.4. The summed E-state index contributed by atoms with van der Waals surface area (Å²) >= 11 is 3.65. The van der Waals surface area contributed by atoms with E-state index in [4.69, 9.17) is 0 Å². The molecule has 1 unspecified atom stereocenters. The van der Waals surface area contributed by atoms with Gasteiger partial charge in [0, 0.05) is 10.5 Å². The number of nitrogens with one attached hydrogen (secondary N) is 1. The van der Waals surface area contributed by atoms with E-state index in [9.17, 15) is 0 Å². The highest BCUT2D eigenvalue weighted by Gasteiger charge is 2.24. The molecule has 1 N–H and O–H groups in total. The van der Waals surface area contributed by atoms with Crippen LogP contribution in [0, 0.1) is 19.8 Å². The molecule has 1 atom stereocenters. The average molecular weight is 338 g/mol. The molecule has 0 radical (unpaired) electrons. The van der Waals surface area contributed by atoms with Gasteiger partial charge in [-0.3, -0.25) is 0 Å². The van der Waals surface area contributed by atoms with Crippen LogP contribution in [0.1, 0.15) is 67.7 Å². The highest BCUT2D eigenvalue weighted by molar-refractivity contribution is 9.10. The van der Waals surface area contributed by atoms with Crippen LogP contribution in [0.25, 0.3) is 0 Å². The first kappa shape index (κ1) is 16.0. The molecule has 112 valence electrons. The van der Waals surface area contributed by atoms with Gasteiger partial charge in [0.15, 0.2) is 0 Å². The Hall–Kier alpha value is -0.340. The molecule has 20 heavy (non-hydrogen) atoms. The van der Waals surface area contributed by atoms with Crippen LogP contribution >= 0.6 is 15.9 Å². The minimum atomic E-state index is 0.514. The summed E-state index contributed by atoms with van der Waals surface area (Å²) in [4.78, 5) is 0. The van der Waals surface area contributed by atoms with Gasteiger partial charge in [-0.25, -0.2) is 0 Å². The minimum absolute atomic E-state index is 0.514. The van der Waals surface area contributed by atoms with Crippen LogP contribution in [0.3, 0.4) is 0 Å². The number of halogens is 1. The Morgan fingerprint density at radius 3 is 2.20 bits per heavy atom. The number of hydrogen-bond donors (Lipinski definition) is 1. The SMILES string of the molecule is CNC(c1cc(C)c(Br)cc1C)C1CCCCCCC1. The molecule has 2 heteroatoms. The van der Waals surface area contributed by atoms with E-state index in [1.165, 1.54) is 66.1 Å². The lowest BCUT2D eigenvalue weighted by molar-refractivity contribution is 0.299. The number of benzene rings is 1. The zero-order valence-electron chi connectivity index (χ0n) is 13.1. The molecule has 1 saturated carbocycles. The summed E-state index contributed by atoms with van der Waals surface area (Å²) in [5.74, 6) is 0.791. The van der Waals surface area contributed by atoms with Gasteiger partial charge < -0.3 is 5.32 Å². The Labute approximate surface area is 132 Å². The highest BCUT2D eigenvalue weighted by atomic mass is 79.9. The fraction of sp³-hybridized carbons (Fsp3) is 0.667. The van der Waals surface area contributed by atoms with Crippen molar-refractivity contribution in [2.24, 2.45) is 5.92 Å². The molecule has 0 spiro atoms. The molecule has 2 rings (SSSR count). The molecule has 0 amide bonds. The molecule has 0 heterocycles. The topological polar surface area (TPSA) is 12.0 Å². The third kappa shape index (κ3) is 3.85. The van der Waals surface area contributed by atoms with Crippen LogP contribution in [0.4, 0.5) is 0 Å². The monoisotopic (exact) mass is 337 g/mol. The van der Waals surface area contributed by atoms with E-state index in [0.29, 0.717) is 6.04 Å². The third-order valence-electron chi connectivity index (χ3n) is 4.81. The summed E-state index contributed by atoms with van der Waals surface area (Å²) in [5.41, 5.74) is 4.25. The summed E-state index contributed by atoms with van der Waals surface area (Å²) in [5, 5.41) is 3.61. The Morgan fingerprint density at radius 2 is 1.60 bits per heavy atom. The van der Waals surface area contributed by atoms with Gasteiger partial charge in [-0.1, -0.05) is 54.1 Å². The van der Waals surface area contributed by atoms with Gasteiger partial charge in [-0.15, -0.1) is 0 Å². The average Bonchev–Trinajstić information content (AvgIpc) is 2.38. The van der Waals surface area contributed by atoms with Gasteiger partial charge in [0.25, 0.3) is 0 Å². The molecule has 0 aromatic heterocycles. The van der Waals surface area contributed by atoms with Gasteiger partial charge >= 0.3 is 0 Å². The van der Waals surface area contributed by atoms with Crippen LogP contribution < -0.4 is 5.32 Å². The van der Waals surface area contributed by atoms with Crippen molar-refractivity contribution in [1.82, 2.24) is 5.32 Å². The van der Waals surface area contributed by atoms with Crippen LogP contribution in [-0.4, -0.2) is 7.05 Å². The molecule has 0 bridgehead atoms. The first-order valence-electron chi connectivity index (χ1n) is 8.07. The summed E-state index contributed by atoms with van der Waals surface area (Å²) in [7, 11) is 2.13. The quantitative estimate of drug-likeness (QED) is 0.747. The van der Waals surface area contributed by atoms with Gasteiger partial charge in [0.05, 0.1) is 0 Å². The zero-order chi connectivity index (χ0) is 14.5. The van der Waals surface area contributed by atoms with Crippen molar-refractivity contribution in [3.63, 3.8) is 0 Å². The van der Waals surface area contributed by atoms with E-state index in [1.54, 1.807) is 0 Å². The first-order chi connectivity index (χ1) is 9.63. The molecular formula is C18H28BrN. The second kappa shape index (κ2) is 7.61. The smallest absolute Gasteiger partial charge is 0.0348 e. The second-order valence-electron chi connectivity index (χ2n) is 6.33. The lowest BCUT2D eigenvalue weighted by Crippen LogP contribution is -2.27. The molecular weight excluding hydrogens is 310 g/mol. The minimum Gasteiger partial charge on any atom is -0.313 e. The van der Waals surface area contributed by atoms with Gasteiger partial charge in [0.1, 0.15) is 0 Å². The predicted octanol–water partition coefficient (Wildman–Crippen LogP) is 5.69. The first-order valence-corrected chi connectivity index (χ1v) is 8.86. The van der Waals surface area contributed by atoms with E-state index in [-0.39, 0.29) is 0 Å². The summed E-state index contributed by atoms with van der Waals surface area (Å²) in [6.07, 6.45) is 9.83. The van der Waals surface area contributed by atoms with Crippen molar-refractivity contribution in [2.45, 2.75) is 64.8 Å². The van der Waals surface area contributed by atoms with Crippen LogP contribution in [0.5, 0.6) is 0 Å². The fourth-order valence-corrected chi connectivity index (χ4v) is 4.06. The summed E-state index contributed by atoms with van der Waals surface area (Å²) in [6, 6.07) is 5.16. The maximum absolute atomic E-state index is 3.65. The zero-order valence-corrected chi connectivity index (χ0v) is 14.7. The standard InChI is InChI=1S/C18H28BrN/c1-13-12-17(19)14(2)11-16(13)18(20-3)15-9-7-5-4-6-8-10-15/h11-12,15,18,20H,4-10H2,1-3H3. The van der Waals surface area contributed by atoms with Crippen molar-refractivity contribution in [1.29, 1.82) is 0 Å². The molecule has 1 aromatic rings. The molecule has 1 aliphatic rings. The Bertz CT molecular complexity index is 433. The molecule has 0 saturated heterocycles. The maximum atomic E-state index is 3.65. The largest absolute Gasteiger partial charge is 0.313 e. The highest BCUT2D eigenvalue weighted by Crippen LogP contribution is 2.35. The third-order valence-corrected chi connectivity index (χ3v) is 5.67. The molecule has 0 aliphatic heterocycles. The number of aryl methyl sites for hydroxylation is 2. The summed E-state index contributed by atoms with van der Waals surface area (Å²) < 4.78 is 1.23. The van der Waals surface area contributed by atoms with E-state index < -0.39 is 0 Å². The van der Waals surface area contributed by atoms with Crippen molar-refractivity contribution in [3.05, 3.63) is 33.3 Å². The van der Waals surface area contributed by atoms with Crippen LogP contribution in [-0.2, 0) is 0 Å². The molecule has 1 fully saturated rings. The van der Waals surface area contributed by atoms with E-state index >= 15 is 0 Å². The van der Waals surface area contributed by atoms with E-state index in [0.717, 1.165) is 5.92 Å². The van der Waals surface area contributed by atoms with Crippen molar-refractivity contribution in [2.75, 3.05) is 7.05 Å². The fourth-order valence-electron chi connectivity index (χ4n) is 3.60. The Kier molecular flexibility index (Phi) is 6.10. The van der Waals surface area contributed by atoms with Crippen LogP contribution in [0.15, 0.2) is 16.6 Å². The Balaban J connectivity index is 2.24. The predicted molar refractivity (Wildman–Crippen MR) is 91.2 cm³/mol. The maximum Gasteiger partial charge on any atom is 0.0348 e.